The first kappa shape index (κ1) is 20.4. The Morgan fingerprint density at radius 3 is 2.50 bits per heavy atom. The van der Waals surface area contributed by atoms with Gasteiger partial charge in [-0.3, -0.25) is 4.79 Å². The van der Waals surface area contributed by atoms with Crippen LogP contribution in [0.4, 0.5) is 10.5 Å². The molecule has 9 heteroatoms. The number of carbonyl (C=O) groups is 3. The second-order valence-electron chi connectivity index (χ2n) is 5.41. The molecule has 0 saturated carbocycles. The molecule has 4 N–H and O–H groups in total. The second-order valence-corrected chi connectivity index (χ2v) is 5.41. The van der Waals surface area contributed by atoms with Gasteiger partial charge in [0.05, 0.1) is 18.4 Å². The number of nitrogens with two attached hydrogens (primary N) is 1. The largest absolute Gasteiger partial charge is 0.483 e. The molecule has 9 nitrogen and oxygen atoms in total. The number of benzene rings is 2. The van der Waals surface area contributed by atoms with Crippen LogP contribution in [0.5, 0.6) is 5.75 Å². The fourth-order valence-electron chi connectivity index (χ4n) is 2.13. The number of esters is 1. The zero-order valence-corrected chi connectivity index (χ0v) is 15.2. The molecule has 0 aliphatic rings. The van der Waals surface area contributed by atoms with E-state index in [9.17, 15) is 14.4 Å². The lowest BCUT2D eigenvalue weighted by Crippen LogP contribution is -2.24. The first-order valence-corrected chi connectivity index (χ1v) is 8.37. The zero-order chi connectivity index (χ0) is 20.4. The molecule has 3 amide bonds. The summed E-state index contributed by atoms with van der Waals surface area (Å²) >= 11 is 0. The molecule has 2 aromatic rings. The van der Waals surface area contributed by atoms with Crippen molar-refractivity contribution in [2.24, 2.45) is 10.8 Å². The van der Waals surface area contributed by atoms with Crippen molar-refractivity contribution in [3.63, 3.8) is 0 Å². The van der Waals surface area contributed by atoms with Crippen molar-refractivity contribution in [1.29, 1.82) is 0 Å². The van der Waals surface area contributed by atoms with Gasteiger partial charge in [0.25, 0.3) is 5.91 Å². The summed E-state index contributed by atoms with van der Waals surface area (Å²) in [5, 5.41) is 6.33. The molecule has 0 spiro atoms. The summed E-state index contributed by atoms with van der Waals surface area (Å²) in [5.74, 6) is -0.399. The monoisotopic (exact) mass is 384 g/mol. The van der Waals surface area contributed by atoms with Crippen molar-refractivity contribution >= 4 is 29.8 Å². The van der Waals surface area contributed by atoms with Gasteiger partial charge in [-0.25, -0.2) is 15.0 Å². The summed E-state index contributed by atoms with van der Waals surface area (Å²) in [5.41, 5.74) is 8.48. The Hall–Kier alpha value is -3.88. The first-order chi connectivity index (χ1) is 13.5. The minimum Gasteiger partial charge on any atom is -0.483 e. The Bertz CT molecular complexity index is 865. The van der Waals surface area contributed by atoms with Crippen LogP contribution in [0.1, 0.15) is 22.8 Å². The van der Waals surface area contributed by atoms with Crippen LogP contribution < -0.4 is 21.2 Å². The van der Waals surface area contributed by atoms with Crippen LogP contribution in [0.2, 0.25) is 0 Å². The standard InChI is InChI=1S/C19H20N4O5/c1-2-27-18(25)13-7-9-15(10-8-13)22-17(24)12-28-16-6-4-3-5-14(16)11-21-23-19(20)26/h3-11H,2,12H2,1H3,(H,22,24)(H3,20,23,26)/b21-11+. The lowest BCUT2D eigenvalue weighted by atomic mass is 10.2. The molecule has 0 aromatic heterocycles. The van der Waals surface area contributed by atoms with E-state index < -0.39 is 12.0 Å². The number of urea groups is 1. The molecule has 146 valence electrons. The number of hydrogen-bond donors (Lipinski definition) is 3. The molecule has 0 aliphatic carbocycles. The number of anilines is 1. The highest BCUT2D eigenvalue weighted by atomic mass is 16.5. The number of para-hydroxylation sites is 1. The average molecular weight is 384 g/mol. The molecule has 0 saturated heterocycles. The van der Waals surface area contributed by atoms with Crippen molar-refractivity contribution in [2.75, 3.05) is 18.5 Å². The van der Waals surface area contributed by atoms with Gasteiger partial charge in [-0.05, 0) is 43.3 Å². The van der Waals surface area contributed by atoms with E-state index in [1.165, 1.54) is 6.21 Å². The van der Waals surface area contributed by atoms with E-state index in [0.29, 0.717) is 29.2 Å². The lowest BCUT2D eigenvalue weighted by molar-refractivity contribution is -0.118. The highest BCUT2D eigenvalue weighted by molar-refractivity contribution is 5.94. The number of nitrogens with zero attached hydrogens (tertiary/aromatic N) is 1. The van der Waals surface area contributed by atoms with Crippen LogP contribution in [0, 0.1) is 0 Å². The molecular weight excluding hydrogens is 364 g/mol. The Labute approximate surface area is 161 Å². The molecule has 0 atom stereocenters. The molecule has 0 aliphatic heterocycles. The zero-order valence-electron chi connectivity index (χ0n) is 15.2. The van der Waals surface area contributed by atoms with Crippen molar-refractivity contribution in [3.05, 3.63) is 59.7 Å². The number of hydrogen-bond acceptors (Lipinski definition) is 6. The SMILES string of the molecule is CCOC(=O)c1ccc(NC(=O)COc2ccccc2/C=N/NC(N)=O)cc1. The maximum absolute atomic E-state index is 12.1. The van der Waals surface area contributed by atoms with Gasteiger partial charge in [-0.15, -0.1) is 0 Å². The van der Waals surface area contributed by atoms with E-state index in [1.807, 2.05) is 0 Å². The van der Waals surface area contributed by atoms with E-state index in [1.54, 1.807) is 55.5 Å². The maximum Gasteiger partial charge on any atom is 0.338 e. The average Bonchev–Trinajstić information content (AvgIpc) is 2.67. The van der Waals surface area contributed by atoms with Crippen molar-refractivity contribution in [3.8, 4) is 5.75 Å². The van der Waals surface area contributed by atoms with E-state index in [0.717, 1.165) is 0 Å². The summed E-state index contributed by atoms with van der Waals surface area (Å²) in [6, 6.07) is 12.4. The molecule has 0 heterocycles. The van der Waals surface area contributed by atoms with Crippen LogP contribution in [-0.4, -0.2) is 37.3 Å². The Morgan fingerprint density at radius 1 is 1.11 bits per heavy atom. The van der Waals surface area contributed by atoms with Crippen LogP contribution in [0.25, 0.3) is 0 Å². The number of ether oxygens (including phenoxy) is 2. The summed E-state index contributed by atoms with van der Waals surface area (Å²) in [6.07, 6.45) is 1.35. The predicted molar refractivity (Wildman–Crippen MR) is 103 cm³/mol. The molecule has 2 aromatic carbocycles. The second kappa shape index (κ2) is 10.3. The minimum absolute atomic E-state index is 0.242. The quantitative estimate of drug-likeness (QED) is 0.363. The van der Waals surface area contributed by atoms with Gasteiger partial charge in [0.1, 0.15) is 5.75 Å². The van der Waals surface area contributed by atoms with Gasteiger partial charge in [0.15, 0.2) is 6.61 Å². The summed E-state index contributed by atoms with van der Waals surface area (Å²) in [4.78, 5) is 34.3. The Balaban J connectivity index is 1.91. The lowest BCUT2D eigenvalue weighted by Gasteiger charge is -2.10. The fraction of sp³-hybridized carbons (Fsp3) is 0.158. The summed E-state index contributed by atoms with van der Waals surface area (Å²) < 4.78 is 10.4. The van der Waals surface area contributed by atoms with Gasteiger partial charge in [-0.1, -0.05) is 12.1 Å². The molecule has 28 heavy (non-hydrogen) atoms. The van der Waals surface area contributed by atoms with E-state index in [-0.39, 0.29) is 12.5 Å². The molecule has 2 rings (SSSR count). The Morgan fingerprint density at radius 2 is 1.82 bits per heavy atom. The molecule has 0 fully saturated rings. The van der Waals surface area contributed by atoms with E-state index >= 15 is 0 Å². The fourth-order valence-corrected chi connectivity index (χ4v) is 2.13. The third-order valence-corrected chi connectivity index (χ3v) is 3.34. The van der Waals surface area contributed by atoms with Crippen LogP contribution >= 0.6 is 0 Å². The van der Waals surface area contributed by atoms with Gasteiger partial charge in [0.2, 0.25) is 0 Å². The minimum atomic E-state index is -0.789. The number of primary amides is 1. The van der Waals surface area contributed by atoms with Crippen LogP contribution in [0.15, 0.2) is 53.6 Å². The molecule has 0 radical (unpaired) electrons. The van der Waals surface area contributed by atoms with E-state index in [4.69, 9.17) is 15.2 Å². The van der Waals surface area contributed by atoms with Crippen LogP contribution in [0.3, 0.4) is 0 Å². The maximum atomic E-state index is 12.1. The van der Waals surface area contributed by atoms with Gasteiger partial charge >= 0.3 is 12.0 Å². The summed E-state index contributed by atoms with van der Waals surface area (Å²) in [7, 11) is 0. The molecule has 0 bridgehead atoms. The van der Waals surface area contributed by atoms with Crippen molar-refractivity contribution < 1.29 is 23.9 Å². The molecular formula is C19H20N4O5. The first-order valence-electron chi connectivity index (χ1n) is 8.37. The van der Waals surface area contributed by atoms with Crippen LogP contribution in [-0.2, 0) is 9.53 Å². The van der Waals surface area contributed by atoms with Gasteiger partial charge < -0.3 is 20.5 Å². The Kier molecular flexibility index (Phi) is 7.53. The number of hydrazone groups is 1. The number of nitrogens with one attached hydrogen (secondary N) is 2. The topological polar surface area (TPSA) is 132 Å². The smallest absolute Gasteiger partial charge is 0.338 e. The third-order valence-electron chi connectivity index (χ3n) is 3.34. The predicted octanol–water partition coefficient (Wildman–Crippen LogP) is 1.88. The van der Waals surface area contributed by atoms with Crippen molar-refractivity contribution in [1.82, 2.24) is 5.43 Å². The van der Waals surface area contributed by atoms with Gasteiger partial charge in [0, 0.05) is 11.3 Å². The summed E-state index contributed by atoms with van der Waals surface area (Å²) in [6.45, 7) is 1.78. The van der Waals surface area contributed by atoms with Crippen molar-refractivity contribution in [2.45, 2.75) is 6.92 Å². The molecule has 0 unspecified atom stereocenters. The highest BCUT2D eigenvalue weighted by Crippen LogP contribution is 2.16. The number of carbonyl (C=O) groups excluding carboxylic acids is 3. The van der Waals surface area contributed by atoms with E-state index in [2.05, 4.69) is 15.8 Å². The third kappa shape index (κ3) is 6.45. The number of amides is 3. The normalized spacial score (nSPS) is 10.3. The van der Waals surface area contributed by atoms with Gasteiger partial charge in [-0.2, -0.15) is 5.10 Å². The number of rotatable bonds is 8. The highest BCUT2D eigenvalue weighted by Gasteiger charge is 2.09.